The SMILES string of the molecule is CC1(C)c2cc3c4ccccc4n(-c4ncccn4)c3cc2-c2ccc3ccccc3c21. The highest BCUT2D eigenvalue weighted by Gasteiger charge is 2.37. The molecule has 0 unspecified atom stereocenters. The normalized spacial score (nSPS) is 14.2. The fourth-order valence-electron chi connectivity index (χ4n) is 5.68. The highest BCUT2D eigenvalue weighted by Crippen LogP contribution is 2.53. The Kier molecular flexibility index (Phi) is 3.34. The number of nitrogens with zero attached hydrogens (tertiary/aromatic N) is 3. The van der Waals surface area contributed by atoms with Crippen LogP contribution in [0.2, 0.25) is 0 Å². The second-order valence-electron chi connectivity index (χ2n) is 9.15. The fraction of sp³-hybridized carbons (Fsp3) is 0.103. The van der Waals surface area contributed by atoms with E-state index in [1.54, 1.807) is 12.4 Å². The molecule has 152 valence electrons. The summed E-state index contributed by atoms with van der Waals surface area (Å²) in [5.41, 5.74) is 7.64. The Labute approximate surface area is 186 Å². The highest BCUT2D eigenvalue weighted by atomic mass is 15.1. The Bertz CT molecular complexity index is 1690. The fourth-order valence-corrected chi connectivity index (χ4v) is 5.68. The second kappa shape index (κ2) is 6.04. The van der Waals surface area contributed by atoms with E-state index in [4.69, 9.17) is 0 Å². The summed E-state index contributed by atoms with van der Waals surface area (Å²) in [6.07, 6.45) is 3.61. The zero-order chi connectivity index (χ0) is 21.4. The lowest BCUT2D eigenvalue weighted by atomic mass is 9.80. The molecule has 3 nitrogen and oxygen atoms in total. The van der Waals surface area contributed by atoms with Crippen molar-refractivity contribution in [1.82, 2.24) is 14.5 Å². The van der Waals surface area contributed by atoms with Crippen LogP contribution in [0.25, 0.3) is 49.7 Å². The third kappa shape index (κ3) is 2.15. The number of hydrogen-bond donors (Lipinski definition) is 0. The van der Waals surface area contributed by atoms with Crippen molar-refractivity contribution in [3.05, 3.63) is 102 Å². The van der Waals surface area contributed by atoms with E-state index in [-0.39, 0.29) is 5.41 Å². The van der Waals surface area contributed by atoms with Crippen molar-refractivity contribution in [1.29, 1.82) is 0 Å². The Hall–Kier alpha value is -3.98. The van der Waals surface area contributed by atoms with Crippen molar-refractivity contribution in [3.8, 4) is 17.1 Å². The van der Waals surface area contributed by atoms with Gasteiger partial charge in [-0.25, -0.2) is 9.97 Å². The number of para-hydroxylation sites is 1. The monoisotopic (exact) mass is 411 g/mol. The van der Waals surface area contributed by atoms with Gasteiger partial charge in [0.1, 0.15) is 0 Å². The topological polar surface area (TPSA) is 30.7 Å². The molecule has 4 aromatic carbocycles. The van der Waals surface area contributed by atoms with Crippen molar-refractivity contribution in [2.75, 3.05) is 0 Å². The van der Waals surface area contributed by atoms with E-state index in [0.717, 1.165) is 11.0 Å². The van der Waals surface area contributed by atoms with E-state index in [2.05, 4.69) is 101 Å². The minimum absolute atomic E-state index is 0.0772. The van der Waals surface area contributed by atoms with Gasteiger partial charge in [0.25, 0.3) is 0 Å². The van der Waals surface area contributed by atoms with Gasteiger partial charge in [0, 0.05) is 28.6 Å². The van der Waals surface area contributed by atoms with Gasteiger partial charge in [-0.1, -0.05) is 68.4 Å². The molecule has 0 saturated carbocycles. The molecule has 6 aromatic rings. The maximum atomic E-state index is 4.58. The van der Waals surface area contributed by atoms with Crippen LogP contribution in [0, 0.1) is 0 Å². The lowest BCUT2D eigenvalue weighted by Crippen LogP contribution is -2.15. The summed E-state index contributed by atoms with van der Waals surface area (Å²) >= 11 is 0. The molecular weight excluding hydrogens is 390 g/mol. The maximum absolute atomic E-state index is 4.58. The Morgan fingerprint density at radius 3 is 2.25 bits per heavy atom. The van der Waals surface area contributed by atoms with Gasteiger partial charge in [-0.15, -0.1) is 0 Å². The molecule has 0 saturated heterocycles. The molecule has 2 aromatic heterocycles. The van der Waals surface area contributed by atoms with Crippen LogP contribution in [0.1, 0.15) is 25.0 Å². The number of fused-ring (bicyclic) bond motifs is 8. The molecule has 0 bridgehead atoms. The minimum atomic E-state index is -0.0772. The van der Waals surface area contributed by atoms with Crippen molar-refractivity contribution >= 4 is 32.6 Å². The van der Waals surface area contributed by atoms with Crippen LogP contribution in [0.4, 0.5) is 0 Å². The van der Waals surface area contributed by atoms with Gasteiger partial charge >= 0.3 is 0 Å². The smallest absolute Gasteiger partial charge is 0.234 e. The van der Waals surface area contributed by atoms with Crippen LogP contribution < -0.4 is 0 Å². The molecule has 0 spiro atoms. The van der Waals surface area contributed by atoms with Crippen molar-refractivity contribution in [2.45, 2.75) is 19.3 Å². The summed E-state index contributed by atoms with van der Waals surface area (Å²) in [7, 11) is 0. The Morgan fingerprint density at radius 1 is 0.656 bits per heavy atom. The third-order valence-corrected chi connectivity index (χ3v) is 7.08. The van der Waals surface area contributed by atoms with E-state index in [1.807, 2.05) is 6.07 Å². The molecule has 7 rings (SSSR count). The standard InChI is InChI=1S/C29H21N3/c1-29(2)24-16-23-20-10-5-6-11-25(20)32(28-30-14-7-15-31-28)26(23)17-22(24)21-13-12-18-8-3-4-9-19(18)27(21)29/h3-17H,1-2H3. The number of hydrogen-bond acceptors (Lipinski definition) is 2. The Balaban J connectivity index is 1.64. The summed E-state index contributed by atoms with van der Waals surface area (Å²) in [5, 5.41) is 5.12. The van der Waals surface area contributed by atoms with Crippen LogP contribution in [-0.4, -0.2) is 14.5 Å². The van der Waals surface area contributed by atoms with Crippen LogP contribution >= 0.6 is 0 Å². The van der Waals surface area contributed by atoms with Crippen LogP contribution in [0.3, 0.4) is 0 Å². The van der Waals surface area contributed by atoms with Gasteiger partial charge in [-0.2, -0.15) is 0 Å². The van der Waals surface area contributed by atoms with Gasteiger partial charge in [0.2, 0.25) is 5.95 Å². The number of benzene rings is 4. The lowest BCUT2D eigenvalue weighted by molar-refractivity contribution is 0.667. The first kappa shape index (κ1) is 17.7. The summed E-state index contributed by atoms with van der Waals surface area (Å²) in [6.45, 7) is 4.71. The van der Waals surface area contributed by atoms with Gasteiger partial charge < -0.3 is 0 Å². The van der Waals surface area contributed by atoms with Crippen molar-refractivity contribution < 1.29 is 0 Å². The van der Waals surface area contributed by atoms with E-state index in [0.29, 0.717) is 5.95 Å². The number of rotatable bonds is 1. The van der Waals surface area contributed by atoms with Gasteiger partial charge in [-0.3, -0.25) is 4.57 Å². The zero-order valence-electron chi connectivity index (χ0n) is 18.0. The molecule has 1 aliphatic carbocycles. The largest absolute Gasteiger partial charge is 0.278 e. The first-order valence-corrected chi connectivity index (χ1v) is 11.0. The molecule has 2 heterocycles. The Morgan fingerprint density at radius 2 is 1.41 bits per heavy atom. The highest BCUT2D eigenvalue weighted by molar-refractivity contribution is 6.12. The van der Waals surface area contributed by atoms with Crippen molar-refractivity contribution in [3.63, 3.8) is 0 Å². The maximum Gasteiger partial charge on any atom is 0.234 e. The predicted molar refractivity (Wildman–Crippen MR) is 131 cm³/mol. The molecule has 0 fully saturated rings. The zero-order valence-corrected chi connectivity index (χ0v) is 18.0. The second-order valence-corrected chi connectivity index (χ2v) is 9.15. The molecular formula is C29H21N3. The average molecular weight is 412 g/mol. The van der Waals surface area contributed by atoms with Gasteiger partial charge in [0.05, 0.1) is 11.0 Å². The first-order chi connectivity index (χ1) is 15.6. The van der Waals surface area contributed by atoms with E-state index >= 15 is 0 Å². The van der Waals surface area contributed by atoms with Crippen LogP contribution in [0.15, 0.2) is 91.3 Å². The van der Waals surface area contributed by atoms with Gasteiger partial charge in [0.15, 0.2) is 0 Å². The third-order valence-electron chi connectivity index (χ3n) is 7.08. The van der Waals surface area contributed by atoms with E-state index < -0.39 is 0 Å². The van der Waals surface area contributed by atoms with Crippen LogP contribution in [0.5, 0.6) is 0 Å². The summed E-state index contributed by atoms with van der Waals surface area (Å²) in [6, 6.07) is 28.4. The summed E-state index contributed by atoms with van der Waals surface area (Å²) in [4.78, 5) is 9.16. The van der Waals surface area contributed by atoms with E-state index in [9.17, 15) is 0 Å². The quantitative estimate of drug-likeness (QED) is 0.291. The summed E-state index contributed by atoms with van der Waals surface area (Å²) < 4.78 is 2.19. The number of aromatic nitrogens is 3. The van der Waals surface area contributed by atoms with Gasteiger partial charge in [-0.05, 0) is 57.3 Å². The molecule has 0 radical (unpaired) electrons. The molecule has 32 heavy (non-hydrogen) atoms. The lowest BCUT2D eigenvalue weighted by Gasteiger charge is -2.23. The molecule has 3 heteroatoms. The predicted octanol–water partition coefficient (Wildman–Crippen LogP) is 7.03. The molecule has 0 aliphatic heterocycles. The van der Waals surface area contributed by atoms with Crippen molar-refractivity contribution in [2.24, 2.45) is 0 Å². The van der Waals surface area contributed by atoms with Crippen LogP contribution in [-0.2, 0) is 5.41 Å². The molecule has 0 N–H and O–H groups in total. The molecule has 0 atom stereocenters. The summed E-state index contributed by atoms with van der Waals surface area (Å²) in [5.74, 6) is 0.703. The van der Waals surface area contributed by atoms with E-state index in [1.165, 1.54) is 43.8 Å². The molecule has 0 amide bonds. The average Bonchev–Trinajstić information content (AvgIpc) is 3.27. The first-order valence-electron chi connectivity index (χ1n) is 11.0. The molecule has 1 aliphatic rings. The minimum Gasteiger partial charge on any atom is -0.278 e.